The van der Waals surface area contributed by atoms with Gasteiger partial charge in [0.25, 0.3) is 0 Å². The number of carbonyl (C=O) groups excluding carboxylic acids is 1. The average Bonchev–Trinajstić information content (AvgIpc) is 2.69. The van der Waals surface area contributed by atoms with E-state index >= 15 is 0 Å². The second-order valence-corrected chi connectivity index (χ2v) is 7.57. The maximum Gasteiger partial charge on any atom is 0.139 e. The Morgan fingerprint density at radius 1 is 1.44 bits per heavy atom. The molecule has 1 aromatic heterocycles. The first-order valence-corrected chi connectivity index (χ1v) is 7.80. The van der Waals surface area contributed by atoms with Crippen LogP contribution in [-0.2, 0) is 11.2 Å². The van der Waals surface area contributed by atoms with Crippen LogP contribution in [0, 0.1) is 0 Å². The summed E-state index contributed by atoms with van der Waals surface area (Å²) < 4.78 is 1.10. The van der Waals surface area contributed by atoms with Crippen molar-refractivity contribution in [2.45, 2.75) is 18.9 Å². The molecule has 1 unspecified atom stereocenters. The molecule has 100 valence electrons. The van der Waals surface area contributed by atoms with Gasteiger partial charge in [-0.25, -0.2) is 0 Å². The molecule has 0 aliphatic carbocycles. The van der Waals surface area contributed by atoms with Gasteiger partial charge in [0.1, 0.15) is 5.78 Å². The first-order valence-electron chi connectivity index (χ1n) is 6.19. The van der Waals surface area contributed by atoms with E-state index in [1.165, 1.54) is 0 Å². The lowest BCUT2D eigenvalue weighted by molar-refractivity contribution is -0.120. The van der Waals surface area contributed by atoms with Crippen molar-refractivity contribution in [3.05, 3.63) is 20.8 Å². The summed E-state index contributed by atoms with van der Waals surface area (Å²) in [6.07, 6.45) is 1.24. The van der Waals surface area contributed by atoms with E-state index < -0.39 is 0 Å². The van der Waals surface area contributed by atoms with E-state index in [9.17, 15) is 4.79 Å². The molecule has 0 amide bonds. The Labute approximate surface area is 121 Å². The lowest BCUT2D eigenvalue weighted by atomic mass is 10.0. The van der Waals surface area contributed by atoms with Crippen LogP contribution >= 0.6 is 27.3 Å². The highest BCUT2D eigenvalue weighted by atomic mass is 79.9. The van der Waals surface area contributed by atoms with E-state index in [4.69, 9.17) is 0 Å². The molecule has 3 nitrogen and oxygen atoms in total. The van der Waals surface area contributed by atoms with E-state index in [-0.39, 0.29) is 0 Å². The van der Waals surface area contributed by atoms with E-state index in [1.807, 2.05) is 12.1 Å². The molecule has 1 aliphatic heterocycles. The van der Waals surface area contributed by atoms with Gasteiger partial charge >= 0.3 is 0 Å². The number of halogens is 1. The molecule has 0 N–H and O–H groups in total. The van der Waals surface area contributed by atoms with E-state index in [0.29, 0.717) is 24.7 Å². The normalized spacial score (nSPS) is 22.3. The van der Waals surface area contributed by atoms with Crippen LogP contribution in [0.15, 0.2) is 15.9 Å². The van der Waals surface area contributed by atoms with Crippen molar-refractivity contribution >= 4 is 33.0 Å². The van der Waals surface area contributed by atoms with Crippen molar-refractivity contribution in [3.8, 4) is 0 Å². The maximum absolute atomic E-state index is 12.1. The quantitative estimate of drug-likeness (QED) is 0.846. The second-order valence-electron chi connectivity index (χ2n) is 5.02. The minimum atomic E-state index is 0.344. The fourth-order valence-electron chi connectivity index (χ4n) is 2.30. The van der Waals surface area contributed by atoms with Gasteiger partial charge in [0.15, 0.2) is 0 Å². The lowest BCUT2D eigenvalue weighted by Crippen LogP contribution is -2.50. The zero-order valence-electron chi connectivity index (χ0n) is 10.9. The topological polar surface area (TPSA) is 23.6 Å². The largest absolute Gasteiger partial charge is 0.304 e. The summed E-state index contributed by atoms with van der Waals surface area (Å²) in [5.74, 6) is 0.344. The molecule has 1 aromatic rings. The van der Waals surface area contributed by atoms with Crippen molar-refractivity contribution in [1.82, 2.24) is 9.80 Å². The predicted molar refractivity (Wildman–Crippen MR) is 79.3 cm³/mol. The van der Waals surface area contributed by atoms with E-state index in [1.54, 1.807) is 11.3 Å². The van der Waals surface area contributed by atoms with Gasteiger partial charge in [-0.1, -0.05) is 0 Å². The predicted octanol–water partition coefficient (Wildman–Crippen LogP) is 2.26. The Morgan fingerprint density at radius 3 is 2.89 bits per heavy atom. The molecule has 2 heterocycles. The fourth-order valence-corrected chi connectivity index (χ4v) is 3.81. The average molecular weight is 331 g/mol. The molecule has 2 rings (SSSR count). The number of likely N-dealkylation sites (N-methyl/N-ethyl adjacent to an activating group) is 2. The van der Waals surface area contributed by atoms with Crippen LogP contribution in [0.3, 0.4) is 0 Å². The number of hydrogen-bond donors (Lipinski definition) is 0. The Morgan fingerprint density at radius 2 is 2.22 bits per heavy atom. The van der Waals surface area contributed by atoms with Crippen LogP contribution in [-0.4, -0.2) is 55.4 Å². The van der Waals surface area contributed by atoms with Gasteiger partial charge in [-0.2, -0.15) is 0 Å². The first kappa shape index (κ1) is 14.2. The van der Waals surface area contributed by atoms with Gasteiger partial charge in [-0.15, -0.1) is 11.3 Å². The zero-order valence-corrected chi connectivity index (χ0v) is 13.3. The van der Waals surface area contributed by atoms with Crippen molar-refractivity contribution in [2.75, 3.05) is 33.7 Å². The fraction of sp³-hybridized carbons (Fsp3) is 0.615. The monoisotopic (exact) mass is 330 g/mol. The summed E-state index contributed by atoms with van der Waals surface area (Å²) in [4.78, 5) is 17.9. The van der Waals surface area contributed by atoms with Crippen molar-refractivity contribution in [1.29, 1.82) is 0 Å². The third kappa shape index (κ3) is 3.88. The summed E-state index contributed by atoms with van der Waals surface area (Å²) in [5, 5.41) is 0. The molecule has 1 aliphatic rings. The number of thiophene rings is 1. The van der Waals surface area contributed by atoms with E-state index in [0.717, 1.165) is 28.3 Å². The van der Waals surface area contributed by atoms with Gasteiger partial charge in [0, 0.05) is 43.4 Å². The minimum Gasteiger partial charge on any atom is -0.304 e. The van der Waals surface area contributed by atoms with Gasteiger partial charge in [-0.05, 0) is 42.2 Å². The van der Waals surface area contributed by atoms with Crippen molar-refractivity contribution < 1.29 is 4.79 Å². The van der Waals surface area contributed by atoms with Crippen LogP contribution in [0.2, 0.25) is 0 Å². The summed E-state index contributed by atoms with van der Waals surface area (Å²) in [6, 6.07) is 4.41. The van der Waals surface area contributed by atoms with Crippen molar-refractivity contribution in [2.24, 2.45) is 0 Å². The van der Waals surface area contributed by atoms with Gasteiger partial charge in [0.05, 0.1) is 3.79 Å². The molecule has 0 saturated carbocycles. The molecular weight excluding hydrogens is 312 g/mol. The van der Waals surface area contributed by atoms with Crippen LogP contribution in [0.1, 0.15) is 11.3 Å². The SMILES string of the molecule is CN1CCN(C)C(CC(=O)Cc2ccc(Br)s2)C1. The van der Waals surface area contributed by atoms with Crippen molar-refractivity contribution in [3.63, 3.8) is 0 Å². The zero-order chi connectivity index (χ0) is 13.1. The van der Waals surface area contributed by atoms with Gasteiger partial charge < -0.3 is 9.80 Å². The second kappa shape index (κ2) is 6.28. The summed E-state index contributed by atoms with van der Waals surface area (Å²) in [7, 11) is 4.24. The molecular formula is C13H19BrN2OS. The van der Waals surface area contributed by atoms with Crippen LogP contribution in [0.25, 0.3) is 0 Å². The molecule has 1 atom stereocenters. The lowest BCUT2D eigenvalue weighted by Gasteiger charge is -2.37. The molecule has 1 fully saturated rings. The molecule has 0 spiro atoms. The van der Waals surface area contributed by atoms with E-state index in [2.05, 4.69) is 39.8 Å². The Bertz CT molecular complexity index is 421. The molecule has 1 saturated heterocycles. The van der Waals surface area contributed by atoms with Crippen LogP contribution in [0.5, 0.6) is 0 Å². The van der Waals surface area contributed by atoms with Gasteiger partial charge in [-0.3, -0.25) is 4.79 Å². The number of rotatable bonds is 4. The standard InChI is InChI=1S/C13H19BrN2OS/c1-15-5-6-16(2)10(9-15)7-11(17)8-12-3-4-13(14)18-12/h3-4,10H,5-9H2,1-2H3. The first-order chi connectivity index (χ1) is 8.54. The number of piperazine rings is 1. The highest BCUT2D eigenvalue weighted by Gasteiger charge is 2.24. The van der Waals surface area contributed by atoms with Crippen LogP contribution in [0.4, 0.5) is 0 Å². The number of nitrogens with zero attached hydrogens (tertiary/aromatic N) is 2. The maximum atomic E-state index is 12.1. The molecule has 0 bridgehead atoms. The highest BCUT2D eigenvalue weighted by molar-refractivity contribution is 9.11. The third-order valence-corrected chi connectivity index (χ3v) is 5.07. The number of ketones is 1. The number of Topliss-reactive ketones (excluding diaryl/α,β-unsaturated/α-hetero) is 1. The highest BCUT2D eigenvalue weighted by Crippen LogP contribution is 2.23. The third-order valence-electron chi connectivity index (χ3n) is 3.44. The molecule has 5 heteroatoms. The summed E-state index contributed by atoms with van der Waals surface area (Å²) >= 11 is 5.08. The Hall–Kier alpha value is -0.230. The summed E-state index contributed by atoms with van der Waals surface area (Å²) in [6.45, 7) is 3.15. The molecule has 18 heavy (non-hydrogen) atoms. The Kier molecular flexibility index (Phi) is 4.95. The Balaban J connectivity index is 1.86. The smallest absolute Gasteiger partial charge is 0.139 e. The van der Waals surface area contributed by atoms with Gasteiger partial charge in [0.2, 0.25) is 0 Å². The number of hydrogen-bond acceptors (Lipinski definition) is 4. The molecule has 0 radical (unpaired) electrons. The summed E-state index contributed by atoms with van der Waals surface area (Å²) in [5.41, 5.74) is 0. The number of carbonyl (C=O) groups is 1. The van der Waals surface area contributed by atoms with Crippen LogP contribution < -0.4 is 0 Å². The minimum absolute atomic E-state index is 0.344. The molecule has 0 aromatic carbocycles.